The summed E-state index contributed by atoms with van der Waals surface area (Å²) < 4.78 is 0. The van der Waals surface area contributed by atoms with Crippen molar-refractivity contribution >= 4 is 11.8 Å². The molecule has 4 heteroatoms. The predicted molar refractivity (Wildman–Crippen MR) is 119 cm³/mol. The van der Waals surface area contributed by atoms with Crippen molar-refractivity contribution in [1.29, 1.82) is 0 Å². The van der Waals surface area contributed by atoms with Crippen LogP contribution in [0.4, 0.5) is 0 Å². The van der Waals surface area contributed by atoms with Gasteiger partial charge in [0.2, 0.25) is 11.8 Å². The summed E-state index contributed by atoms with van der Waals surface area (Å²) in [6.45, 7) is 9.23. The molecular formula is C25H34N2O2. The Kier molecular flexibility index (Phi) is 8.91. The molecule has 2 aromatic rings. The Hall–Kier alpha value is -2.62. The van der Waals surface area contributed by atoms with E-state index >= 15 is 0 Å². The lowest BCUT2D eigenvalue weighted by molar-refractivity contribution is -0.140. The van der Waals surface area contributed by atoms with Crippen molar-refractivity contribution in [3.8, 4) is 0 Å². The van der Waals surface area contributed by atoms with E-state index < -0.39 is 6.04 Å². The maximum Gasteiger partial charge on any atom is 0.242 e. The van der Waals surface area contributed by atoms with Gasteiger partial charge in [0.1, 0.15) is 6.04 Å². The first-order valence-corrected chi connectivity index (χ1v) is 10.6. The summed E-state index contributed by atoms with van der Waals surface area (Å²) in [5.41, 5.74) is 4.34. The number of rotatable bonds is 10. The minimum atomic E-state index is -0.468. The van der Waals surface area contributed by atoms with Crippen LogP contribution in [0.25, 0.3) is 0 Å². The Morgan fingerprint density at radius 3 is 2.31 bits per heavy atom. The van der Waals surface area contributed by atoms with Gasteiger partial charge < -0.3 is 10.2 Å². The van der Waals surface area contributed by atoms with Crippen LogP contribution in [0.5, 0.6) is 0 Å². The number of benzene rings is 2. The number of hydrogen-bond donors (Lipinski definition) is 1. The molecule has 0 aliphatic carbocycles. The van der Waals surface area contributed by atoms with Gasteiger partial charge in [-0.1, -0.05) is 74.4 Å². The third-order valence-corrected chi connectivity index (χ3v) is 5.29. The van der Waals surface area contributed by atoms with Crippen LogP contribution in [0.2, 0.25) is 0 Å². The van der Waals surface area contributed by atoms with Crippen molar-refractivity contribution in [3.05, 3.63) is 70.8 Å². The molecule has 0 saturated carbocycles. The molecule has 0 aliphatic heterocycles. The highest BCUT2D eigenvalue weighted by molar-refractivity contribution is 5.88. The van der Waals surface area contributed by atoms with Gasteiger partial charge in [0.05, 0.1) is 6.42 Å². The van der Waals surface area contributed by atoms with Gasteiger partial charge in [0, 0.05) is 13.1 Å². The lowest BCUT2D eigenvalue weighted by atomic mass is 10.0. The number of nitrogens with one attached hydrogen (secondary N) is 1. The van der Waals surface area contributed by atoms with Crippen LogP contribution in [0.1, 0.15) is 55.4 Å². The highest BCUT2D eigenvalue weighted by Gasteiger charge is 2.28. The Balaban J connectivity index is 2.25. The van der Waals surface area contributed by atoms with Crippen LogP contribution in [0, 0.1) is 13.8 Å². The average molecular weight is 395 g/mol. The largest absolute Gasteiger partial charge is 0.354 e. The third-order valence-electron chi connectivity index (χ3n) is 5.29. The van der Waals surface area contributed by atoms with Gasteiger partial charge in [-0.15, -0.1) is 0 Å². The van der Waals surface area contributed by atoms with Crippen LogP contribution in [-0.2, 0) is 22.6 Å². The van der Waals surface area contributed by atoms with Gasteiger partial charge in [-0.3, -0.25) is 9.59 Å². The summed E-state index contributed by atoms with van der Waals surface area (Å²) >= 11 is 0. The van der Waals surface area contributed by atoms with Crippen molar-refractivity contribution in [2.45, 2.75) is 66.0 Å². The van der Waals surface area contributed by atoms with Crippen molar-refractivity contribution in [2.24, 2.45) is 0 Å². The lowest BCUT2D eigenvalue weighted by Gasteiger charge is -2.31. The van der Waals surface area contributed by atoms with Gasteiger partial charge in [-0.25, -0.2) is 0 Å². The lowest BCUT2D eigenvalue weighted by Crippen LogP contribution is -2.49. The number of carbonyl (C=O) groups excluding carboxylic acids is 2. The van der Waals surface area contributed by atoms with E-state index in [0.29, 0.717) is 25.9 Å². The predicted octanol–water partition coefficient (Wildman–Crippen LogP) is 4.57. The smallest absolute Gasteiger partial charge is 0.242 e. The zero-order chi connectivity index (χ0) is 21.2. The Bertz CT molecular complexity index is 799. The van der Waals surface area contributed by atoms with Gasteiger partial charge in [0.25, 0.3) is 0 Å². The zero-order valence-electron chi connectivity index (χ0n) is 18.2. The summed E-state index contributed by atoms with van der Waals surface area (Å²) in [5, 5.41) is 3.01. The number of unbranched alkanes of at least 4 members (excludes halogenated alkanes) is 1. The topological polar surface area (TPSA) is 49.4 Å². The van der Waals surface area contributed by atoms with Crippen LogP contribution in [-0.4, -0.2) is 29.3 Å². The fourth-order valence-electron chi connectivity index (χ4n) is 3.38. The van der Waals surface area contributed by atoms with Gasteiger partial charge in [0.15, 0.2) is 0 Å². The highest BCUT2D eigenvalue weighted by atomic mass is 16.2. The number of carbonyl (C=O) groups is 2. The highest BCUT2D eigenvalue weighted by Crippen LogP contribution is 2.17. The minimum absolute atomic E-state index is 0.0189. The second-order valence-corrected chi connectivity index (χ2v) is 7.68. The molecule has 0 aliphatic rings. The molecule has 0 spiro atoms. The molecule has 29 heavy (non-hydrogen) atoms. The van der Waals surface area contributed by atoms with Crippen LogP contribution in [0.3, 0.4) is 0 Å². The van der Waals surface area contributed by atoms with Gasteiger partial charge in [-0.05, 0) is 43.4 Å². The second kappa shape index (κ2) is 11.4. The molecule has 0 fully saturated rings. The van der Waals surface area contributed by atoms with Crippen LogP contribution in [0.15, 0.2) is 48.5 Å². The molecule has 1 atom stereocenters. The number of amides is 2. The first-order chi connectivity index (χ1) is 14.0. The average Bonchev–Trinajstić information content (AvgIpc) is 2.71. The first-order valence-electron chi connectivity index (χ1n) is 10.6. The van der Waals surface area contributed by atoms with E-state index in [-0.39, 0.29) is 11.8 Å². The Labute approximate surface area is 175 Å². The molecule has 0 heterocycles. The van der Waals surface area contributed by atoms with Gasteiger partial charge >= 0.3 is 0 Å². The zero-order valence-corrected chi connectivity index (χ0v) is 18.2. The second-order valence-electron chi connectivity index (χ2n) is 7.68. The Morgan fingerprint density at radius 2 is 1.69 bits per heavy atom. The minimum Gasteiger partial charge on any atom is -0.354 e. The molecular weight excluding hydrogens is 360 g/mol. The number of nitrogens with zero attached hydrogens (tertiary/aromatic N) is 1. The fourth-order valence-corrected chi connectivity index (χ4v) is 3.38. The number of aryl methyl sites for hydroxylation is 2. The number of hydrogen-bond acceptors (Lipinski definition) is 2. The molecule has 0 radical (unpaired) electrons. The molecule has 156 valence electrons. The van der Waals surface area contributed by atoms with E-state index in [4.69, 9.17) is 0 Å². The standard InChI is InChI=1S/C25H34N2O2/c1-5-7-16-26-25(29)23(6-2)27(18-22-11-9-8-10-20(22)4)24(28)17-21-14-12-19(3)13-15-21/h8-15,23H,5-7,16-18H2,1-4H3,(H,26,29). The van der Waals surface area contributed by atoms with E-state index in [2.05, 4.69) is 12.2 Å². The third kappa shape index (κ3) is 6.74. The molecule has 1 N–H and O–H groups in total. The maximum atomic E-state index is 13.3. The van der Waals surface area contributed by atoms with Crippen LogP contribution < -0.4 is 5.32 Å². The molecule has 4 nitrogen and oxygen atoms in total. The molecule has 0 saturated heterocycles. The van der Waals surface area contributed by atoms with Gasteiger partial charge in [-0.2, -0.15) is 0 Å². The SMILES string of the molecule is CCCCNC(=O)C(CC)N(Cc1ccccc1C)C(=O)Cc1ccc(C)cc1. The summed E-state index contributed by atoms with van der Waals surface area (Å²) in [7, 11) is 0. The molecule has 0 bridgehead atoms. The van der Waals surface area contributed by atoms with Crippen molar-refractivity contribution < 1.29 is 9.59 Å². The first kappa shape index (κ1) is 22.7. The summed E-state index contributed by atoms with van der Waals surface area (Å²) in [5.74, 6) is -0.0820. The van der Waals surface area contributed by atoms with E-state index in [0.717, 1.165) is 29.5 Å². The molecule has 2 amide bonds. The monoisotopic (exact) mass is 394 g/mol. The summed E-state index contributed by atoms with van der Waals surface area (Å²) in [4.78, 5) is 27.9. The molecule has 0 aromatic heterocycles. The Morgan fingerprint density at radius 1 is 1.00 bits per heavy atom. The molecule has 2 rings (SSSR count). The van der Waals surface area contributed by atoms with E-state index in [9.17, 15) is 9.59 Å². The van der Waals surface area contributed by atoms with E-state index in [1.165, 1.54) is 5.56 Å². The molecule has 2 aromatic carbocycles. The summed E-state index contributed by atoms with van der Waals surface area (Å²) in [6.07, 6.45) is 2.85. The maximum absolute atomic E-state index is 13.3. The van der Waals surface area contributed by atoms with E-state index in [1.54, 1.807) is 4.90 Å². The quantitative estimate of drug-likeness (QED) is 0.600. The van der Waals surface area contributed by atoms with E-state index in [1.807, 2.05) is 69.3 Å². The normalized spacial score (nSPS) is 11.7. The summed E-state index contributed by atoms with van der Waals surface area (Å²) in [6, 6.07) is 15.6. The van der Waals surface area contributed by atoms with Crippen molar-refractivity contribution in [3.63, 3.8) is 0 Å². The fraction of sp³-hybridized carbons (Fsp3) is 0.440. The van der Waals surface area contributed by atoms with Crippen molar-refractivity contribution in [2.75, 3.05) is 6.54 Å². The molecule has 1 unspecified atom stereocenters. The van der Waals surface area contributed by atoms with Crippen molar-refractivity contribution in [1.82, 2.24) is 10.2 Å². The van der Waals surface area contributed by atoms with Crippen LogP contribution >= 0.6 is 0 Å².